The quantitative estimate of drug-likeness (QED) is 0.568. The summed E-state index contributed by atoms with van der Waals surface area (Å²) in [6, 6.07) is 12.3. The average molecular weight is 463 g/mol. The van der Waals surface area contributed by atoms with Gasteiger partial charge in [0.1, 0.15) is 17.7 Å². The fourth-order valence-corrected chi connectivity index (χ4v) is 7.11. The molecule has 2 aromatic carbocycles. The zero-order valence-corrected chi connectivity index (χ0v) is 19.4. The first-order valence-corrected chi connectivity index (χ1v) is 11.9. The molecule has 0 radical (unpaired) electrons. The fraction of sp³-hybridized carbons (Fsp3) is 0.444. The number of phenols is 1. The lowest BCUT2D eigenvalue weighted by molar-refractivity contribution is -0.158. The van der Waals surface area contributed by atoms with Gasteiger partial charge in [-0.2, -0.15) is 0 Å². The number of phenolic OH excluding ortho intramolecular Hbond substituents is 1. The van der Waals surface area contributed by atoms with E-state index in [2.05, 4.69) is 23.3 Å². The van der Waals surface area contributed by atoms with Gasteiger partial charge < -0.3 is 19.7 Å². The number of ether oxygens (including phenoxy) is 2. The Labute approximate surface area is 199 Å². The molecule has 34 heavy (non-hydrogen) atoms. The van der Waals surface area contributed by atoms with Crippen LogP contribution in [0.4, 0.5) is 0 Å². The molecule has 1 saturated heterocycles. The monoisotopic (exact) mass is 462 g/mol. The number of methoxy groups -OCH3 is 1. The third kappa shape index (κ3) is 2.72. The molecule has 2 bridgehead atoms. The van der Waals surface area contributed by atoms with Gasteiger partial charge in [0.15, 0.2) is 11.5 Å². The minimum absolute atomic E-state index is 0.122. The summed E-state index contributed by atoms with van der Waals surface area (Å²) in [5.74, 6) is -0.248. The van der Waals surface area contributed by atoms with E-state index in [4.69, 9.17) is 9.47 Å². The highest BCUT2D eigenvalue weighted by Gasteiger charge is 2.72. The van der Waals surface area contributed by atoms with Crippen molar-refractivity contribution in [3.63, 3.8) is 0 Å². The summed E-state index contributed by atoms with van der Waals surface area (Å²) < 4.78 is 12.9. The van der Waals surface area contributed by atoms with Gasteiger partial charge in [0, 0.05) is 18.7 Å². The van der Waals surface area contributed by atoms with E-state index >= 15 is 0 Å². The van der Waals surface area contributed by atoms with Crippen LogP contribution in [-0.4, -0.2) is 71.6 Å². The van der Waals surface area contributed by atoms with Crippen LogP contribution in [0.2, 0.25) is 0 Å². The zero-order chi connectivity index (χ0) is 23.7. The van der Waals surface area contributed by atoms with Crippen molar-refractivity contribution < 1.29 is 24.5 Å². The van der Waals surface area contributed by atoms with Crippen molar-refractivity contribution in [3.05, 3.63) is 71.3 Å². The first-order chi connectivity index (χ1) is 16.4. The largest absolute Gasteiger partial charge is 0.504 e. The van der Waals surface area contributed by atoms with Crippen molar-refractivity contribution in [2.75, 3.05) is 20.7 Å². The second kappa shape index (κ2) is 7.57. The molecule has 178 valence electrons. The zero-order valence-electron chi connectivity index (χ0n) is 19.4. The third-order valence-electron chi connectivity index (χ3n) is 8.59. The highest BCUT2D eigenvalue weighted by atomic mass is 16.5. The normalized spacial score (nSPS) is 33.8. The summed E-state index contributed by atoms with van der Waals surface area (Å²) >= 11 is 0. The Morgan fingerprint density at radius 3 is 2.82 bits per heavy atom. The molecule has 2 aromatic rings. The lowest BCUT2D eigenvalue weighted by Crippen LogP contribution is -2.77. The predicted octanol–water partition coefficient (Wildman–Crippen LogP) is 2.26. The Bertz CT molecular complexity index is 1170. The molecule has 7 heteroatoms. The number of carboxylic acid groups (broad SMARTS) is 1. The minimum atomic E-state index is -0.901. The number of carbonyl (C=O) groups is 1. The topological polar surface area (TPSA) is 91.3 Å². The minimum Gasteiger partial charge on any atom is -0.504 e. The highest BCUT2D eigenvalue weighted by molar-refractivity contribution is 5.74. The first kappa shape index (κ1) is 21.6. The molecule has 0 amide bonds. The van der Waals surface area contributed by atoms with Crippen LogP contribution in [0, 0.1) is 0 Å². The van der Waals surface area contributed by atoms with E-state index in [0.717, 1.165) is 30.5 Å². The molecule has 2 aliphatic heterocycles. The molecule has 0 aromatic heterocycles. The van der Waals surface area contributed by atoms with Gasteiger partial charge in [0.2, 0.25) is 0 Å². The van der Waals surface area contributed by atoms with Crippen molar-refractivity contribution in [2.45, 2.75) is 54.5 Å². The Kier molecular flexibility index (Phi) is 4.82. The van der Waals surface area contributed by atoms with E-state index < -0.39 is 29.1 Å². The number of likely N-dealkylation sites (N-methyl/N-ethyl adjacent to an activating group) is 1. The van der Waals surface area contributed by atoms with E-state index in [1.54, 1.807) is 13.2 Å². The van der Waals surface area contributed by atoms with Crippen molar-refractivity contribution in [1.29, 1.82) is 0 Å². The Morgan fingerprint density at radius 2 is 2.09 bits per heavy atom. The van der Waals surface area contributed by atoms with Gasteiger partial charge in [-0.25, -0.2) is 0 Å². The summed E-state index contributed by atoms with van der Waals surface area (Å²) in [5.41, 5.74) is 2.04. The van der Waals surface area contributed by atoms with E-state index in [1.165, 1.54) is 5.56 Å². The molecule has 7 nitrogen and oxygen atoms in total. The number of nitrogens with one attached hydrogen (secondary N) is 1. The standard InChI is InChI=1S/C27H30N2O5/c1-29-13-12-26-22-17-8-9-20(30)23(22)34-24(26)18(10-11-27(26,33-2)21(29)15-17)28-19(25(31)32)14-16-6-4-3-5-7-16/h3-11,18-19,21,24,28,30H,12-15H2,1-2H3,(H,31,32)/t18-,19+,21-,24+,26+,27-/m1/s1. The van der Waals surface area contributed by atoms with Gasteiger partial charge >= 0.3 is 5.97 Å². The van der Waals surface area contributed by atoms with Crippen molar-refractivity contribution in [3.8, 4) is 11.5 Å². The molecule has 0 saturated carbocycles. The molecule has 2 aliphatic carbocycles. The number of likely N-dealkylation sites (tertiary alicyclic amines) is 1. The second-order valence-corrected chi connectivity index (χ2v) is 10.0. The number of hydrogen-bond acceptors (Lipinski definition) is 6. The van der Waals surface area contributed by atoms with Gasteiger partial charge in [-0.1, -0.05) is 48.6 Å². The lowest BCUT2D eigenvalue weighted by atomic mass is 9.50. The van der Waals surface area contributed by atoms with Gasteiger partial charge in [-0.05, 0) is 50.0 Å². The van der Waals surface area contributed by atoms with Crippen LogP contribution in [0.5, 0.6) is 11.5 Å². The first-order valence-electron chi connectivity index (χ1n) is 11.9. The Morgan fingerprint density at radius 1 is 1.29 bits per heavy atom. The molecule has 4 aliphatic rings. The van der Waals surface area contributed by atoms with Crippen LogP contribution in [-0.2, 0) is 27.8 Å². The van der Waals surface area contributed by atoms with Gasteiger partial charge in [-0.15, -0.1) is 0 Å². The molecule has 6 rings (SSSR count). The van der Waals surface area contributed by atoms with E-state index in [9.17, 15) is 15.0 Å². The fourth-order valence-electron chi connectivity index (χ4n) is 7.11. The summed E-state index contributed by atoms with van der Waals surface area (Å²) in [7, 11) is 3.89. The third-order valence-corrected chi connectivity index (χ3v) is 8.59. The SMILES string of the molecule is CO[C@@]12C=C[C@@H](N[C@@H](Cc3ccccc3)C(=O)O)[C@@H]3Oc4c(O)ccc5c4[C@@]31CCN(C)[C@@H]2C5. The Balaban J connectivity index is 1.45. The molecule has 3 N–H and O–H groups in total. The molecule has 1 fully saturated rings. The van der Waals surface area contributed by atoms with E-state index in [0.29, 0.717) is 12.2 Å². The Hall–Kier alpha value is -2.87. The maximum atomic E-state index is 12.2. The summed E-state index contributed by atoms with van der Waals surface area (Å²) in [5, 5.41) is 24.2. The van der Waals surface area contributed by atoms with Crippen molar-refractivity contribution >= 4 is 5.97 Å². The van der Waals surface area contributed by atoms with Crippen LogP contribution >= 0.6 is 0 Å². The van der Waals surface area contributed by atoms with Crippen molar-refractivity contribution in [2.24, 2.45) is 0 Å². The summed E-state index contributed by atoms with van der Waals surface area (Å²) in [4.78, 5) is 14.6. The maximum absolute atomic E-state index is 12.2. The van der Waals surface area contributed by atoms with Crippen LogP contribution in [0.15, 0.2) is 54.6 Å². The molecular weight excluding hydrogens is 432 g/mol. The molecule has 2 heterocycles. The molecule has 1 spiro atoms. The number of aromatic hydroxyl groups is 1. The van der Waals surface area contributed by atoms with Crippen molar-refractivity contribution in [1.82, 2.24) is 10.2 Å². The number of rotatable bonds is 6. The average Bonchev–Trinajstić information content (AvgIpc) is 3.20. The number of hydrogen-bond donors (Lipinski definition) is 3. The van der Waals surface area contributed by atoms with E-state index in [1.807, 2.05) is 42.5 Å². The number of aliphatic carboxylic acids is 1. The number of nitrogens with zero attached hydrogens (tertiary/aromatic N) is 1. The lowest BCUT2D eigenvalue weighted by Gasteiger charge is -2.63. The number of piperidine rings is 1. The molecular formula is C27H30N2O5. The molecule has 6 atom stereocenters. The van der Waals surface area contributed by atoms with Crippen LogP contribution in [0.1, 0.15) is 23.1 Å². The summed E-state index contributed by atoms with van der Waals surface area (Å²) in [6.07, 6.45) is 5.72. The highest BCUT2D eigenvalue weighted by Crippen LogP contribution is 2.64. The van der Waals surface area contributed by atoms with Crippen LogP contribution < -0.4 is 10.1 Å². The number of carboxylic acids is 1. The smallest absolute Gasteiger partial charge is 0.321 e. The van der Waals surface area contributed by atoms with Crippen LogP contribution in [0.25, 0.3) is 0 Å². The maximum Gasteiger partial charge on any atom is 0.321 e. The summed E-state index contributed by atoms with van der Waals surface area (Å²) in [6.45, 7) is 0.872. The van der Waals surface area contributed by atoms with Crippen LogP contribution in [0.3, 0.4) is 0 Å². The second-order valence-electron chi connectivity index (χ2n) is 10.0. The predicted molar refractivity (Wildman–Crippen MR) is 126 cm³/mol. The molecule has 0 unspecified atom stereocenters. The van der Waals surface area contributed by atoms with Gasteiger partial charge in [0.05, 0.1) is 11.5 Å². The van der Waals surface area contributed by atoms with E-state index in [-0.39, 0.29) is 17.8 Å². The number of benzene rings is 2. The van der Waals surface area contributed by atoms with Gasteiger partial charge in [-0.3, -0.25) is 15.0 Å². The van der Waals surface area contributed by atoms with Gasteiger partial charge in [0.25, 0.3) is 0 Å².